The molecule has 1 heterocycles. The van der Waals surface area contributed by atoms with Gasteiger partial charge in [0.25, 0.3) is 0 Å². The van der Waals surface area contributed by atoms with Crippen molar-refractivity contribution in [1.82, 2.24) is 10.2 Å². The molecule has 0 aromatic carbocycles. The van der Waals surface area contributed by atoms with E-state index in [9.17, 15) is 4.79 Å². The first-order valence-corrected chi connectivity index (χ1v) is 7.31. The lowest BCUT2D eigenvalue weighted by molar-refractivity contribution is -0.135. The zero-order valence-corrected chi connectivity index (χ0v) is 12.3. The molecular weight excluding hydrogens is 248 g/mol. The Bertz CT molecular complexity index is 250. The maximum atomic E-state index is 12.3. The Balaban J connectivity index is 0.00000162. The molecule has 0 spiro atoms. The minimum Gasteiger partial charge on any atom is -0.340 e. The maximum absolute atomic E-state index is 12.3. The summed E-state index contributed by atoms with van der Waals surface area (Å²) in [6, 6.07) is 0.503. The fourth-order valence-corrected chi connectivity index (χ4v) is 2.93. The Morgan fingerprint density at radius 1 is 1.22 bits per heavy atom. The Morgan fingerprint density at radius 2 is 1.89 bits per heavy atom. The molecule has 1 aliphatic heterocycles. The molecule has 1 N–H and O–H groups in total. The van der Waals surface area contributed by atoms with Crippen molar-refractivity contribution in [3.8, 4) is 0 Å². The summed E-state index contributed by atoms with van der Waals surface area (Å²) in [4.78, 5) is 14.5. The molecule has 3 nitrogen and oxygen atoms in total. The van der Waals surface area contributed by atoms with E-state index in [0.29, 0.717) is 17.9 Å². The zero-order chi connectivity index (χ0) is 12.1. The Labute approximate surface area is 117 Å². The highest BCUT2D eigenvalue weighted by Crippen LogP contribution is 2.30. The van der Waals surface area contributed by atoms with Gasteiger partial charge in [-0.2, -0.15) is 0 Å². The standard InChI is InChI=1S/C14H26N2O.ClH/c1-2-10-16(13-6-8-15-9-7-13)14(17)11-12-4-3-5-12;/h12-13,15H,2-11H2,1H3;1H. The third-order valence-electron chi connectivity index (χ3n) is 4.22. The summed E-state index contributed by atoms with van der Waals surface area (Å²) < 4.78 is 0. The van der Waals surface area contributed by atoms with E-state index in [4.69, 9.17) is 0 Å². The first-order valence-electron chi connectivity index (χ1n) is 7.31. The van der Waals surface area contributed by atoms with Gasteiger partial charge in [-0.25, -0.2) is 0 Å². The molecule has 2 aliphatic rings. The topological polar surface area (TPSA) is 32.3 Å². The van der Waals surface area contributed by atoms with Gasteiger partial charge in [-0.05, 0) is 51.1 Å². The van der Waals surface area contributed by atoms with E-state index < -0.39 is 0 Å². The summed E-state index contributed by atoms with van der Waals surface area (Å²) in [5, 5.41) is 3.38. The van der Waals surface area contributed by atoms with Gasteiger partial charge in [0.05, 0.1) is 0 Å². The number of carbonyl (C=O) groups is 1. The normalized spacial score (nSPS) is 20.9. The Morgan fingerprint density at radius 3 is 2.39 bits per heavy atom. The lowest BCUT2D eigenvalue weighted by Gasteiger charge is -2.36. The average molecular weight is 275 g/mol. The van der Waals surface area contributed by atoms with E-state index in [1.807, 2.05) is 0 Å². The molecule has 1 aliphatic carbocycles. The SMILES string of the molecule is CCCN(C(=O)CC1CCC1)C1CCNCC1.Cl. The molecule has 18 heavy (non-hydrogen) atoms. The van der Waals surface area contributed by atoms with Crippen molar-refractivity contribution in [3.05, 3.63) is 0 Å². The third kappa shape index (κ3) is 4.13. The highest BCUT2D eigenvalue weighted by molar-refractivity contribution is 5.85. The van der Waals surface area contributed by atoms with Crippen LogP contribution in [0.1, 0.15) is 51.9 Å². The molecule has 0 unspecified atom stereocenters. The number of nitrogens with zero attached hydrogens (tertiary/aromatic N) is 1. The van der Waals surface area contributed by atoms with E-state index >= 15 is 0 Å². The van der Waals surface area contributed by atoms with Crippen molar-refractivity contribution in [2.75, 3.05) is 19.6 Å². The van der Waals surface area contributed by atoms with Crippen LogP contribution in [0.4, 0.5) is 0 Å². The highest BCUT2D eigenvalue weighted by Gasteiger charge is 2.28. The van der Waals surface area contributed by atoms with Crippen LogP contribution in [0.3, 0.4) is 0 Å². The highest BCUT2D eigenvalue weighted by atomic mass is 35.5. The number of amides is 1. The number of carbonyl (C=O) groups excluding carboxylic acids is 1. The molecule has 2 fully saturated rings. The van der Waals surface area contributed by atoms with Gasteiger partial charge in [-0.1, -0.05) is 13.3 Å². The third-order valence-corrected chi connectivity index (χ3v) is 4.22. The molecule has 0 aromatic rings. The van der Waals surface area contributed by atoms with Crippen LogP contribution in [0.5, 0.6) is 0 Å². The number of nitrogens with one attached hydrogen (secondary N) is 1. The van der Waals surface area contributed by atoms with Crippen LogP contribution in [-0.2, 0) is 4.79 Å². The van der Waals surface area contributed by atoms with E-state index in [1.165, 1.54) is 19.3 Å². The van der Waals surface area contributed by atoms with Gasteiger partial charge >= 0.3 is 0 Å². The molecule has 4 heteroatoms. The van der Waals surface area contributed by atoms with E-state index in [-0.39, 0.29) is 12.4 Å². The maximum Gasteiger partial charge on any atom is 0.223 e. The van der Waals surface area contributed by atoms with E-state index in [2.05, 4.69) is 17.1 Å². The summed E-state index contributed by atoms with van der Waals surface area (Å²) in [6.45, 7) is 5.27. The quantitative estimate of drug-likeness (QED) is 0.836. The zero-order valence-electron chi connectivity index (χ0n) is 11.5. The second kappa shape index (κ2) is 8.00. The summed E-state index contributed by atoms with van der Waals surface area (Å²) in [6.07, 6.45) is 8.05. The van der Waals surface area contributed by atoms with Crippen LogP contribution >= 0.6 is 12.4 Å². The van der Waals surface area contributed by atoms with Crippen LogP contribution in [0.25, 0.3) is 0 Å². The van der Waals surface area contributed by atoms with Crippen molar-refractivity contribution in [3.63, 3.8) is 0 Å². The lowest BCUT2D eigenvalue weighted by atomic mass is 9.82. The van der Waals surface area contributed by atoms with Crippen molar-refractivity contribution >= 4 is 18.3 Å². The molecule has 106 valence electrons. The van der Waals surface area contributed by atoms with Gasteiger partial charge in [-0.3, -0.25) is 4.79 Å². The second-order valence-corrected chi connectivity index (χ2v) is 5.57. The molecule has 1 amide bonds. The smallest absolute Gasteiger partial charge is 0.223 e. The Hall–Kier alpha value is -0.280. The van der Waals surface area contributed by atoms with Crippen molar-refractivity contribution in [2.24, 2.45) is 5.92 Å². The monoisotopic (exact) mass is 274 g/mol. The van der Waals surface area contributed by atoms with Crippen LogP contribution in [0, 0.1) is 5.92 Å². The second-order valence-electron chi connectivity index (χ2n) is 5.57. The van der Waals surface area contributed by atoms with Crippen molar-refractivity contribution in [1.29, 1.82) is 0 Å². The predicted octanol–water partition coefficient (Wildman–Crippen LogP) is 2.59. The largest absolute Gasteiger partial charge is 0.340 e. The van der Waals surface area contributed by atoms with Crippen LogP contribution in [0.15, 0.2) is 0 Å². The number of halogens is 1. The number of hydrogen-bond donors (Lipinski definition) is 1. The Kier molecular flexibility index (Phi) is 7.02. The van der Waals surface area contributed by atoms with Crippen LogP contribution in [-0.4, -0.2) is 36.5 Å². The number of piperidine rings is 1. The van der Waals surface area contributed by atoms with Gasteiger partial charge in [0.1, 0.15) is 0 Å². The number of hydrogen-bond acceptors (Lipinski definition) is 2. The molecule has 0 bridgehead atoms. The fourth-order valence-electron chi connectivity index (χ4n) is 2.93. The molecule has 2 rings (SSSR count). The van der Waals surface area contributed by atoms with Crippen LogP contribution < -0.4 is 5.32 Å². The predicted molar refractivity (Wildman–Crippen MR) is 77.1 cm³/mol. The van der Waals surface area contributed by atoms with E-state index in [0.717, 1.165) is 45.3 Å². The van der Waals surface area contributed by atoms with Crippen molar-refractivity contribution < 1.29 is 4.79 Å². The fraction of sp³-hybridized carbons (Fsp3) is 0.929. The van der Waals surface area contributed by atoms with Gasteiger partial charge in [0.15, 0.2) is 0 Å². The lowest BCUT2D eigenvalue weighted by Crippen LogP contribution is -2.47. The number of rotatable bonds is 5. The summed E-state index contributed by atoms with van der Waals surface area (Å²) in [5.74, 6) is 1.12. The molecular formula is C14H27ClN2O. The van der Waals surface area contributed by atoms with Gasteiger partial charge in [0, 0.05) is 19.0 Å². The summed E-state index contributed by atoms with van der Waals surface area (Å²) in [5.41, 5.74) is 0. The van der Waals surface area contributed by atoms with Crippen molar-refractivity contribution in [2.45, 2.75) is 57.9 Å². The van der Waals surface area contributed by atoms with E-state index in [1.54, 1.807) is 0 Å². The van der Waals surface area contributed by atoms with Crippen LogP contribution in [0.2, 0.25) is 0 Å². The van der Waals surface area contributed by atoms with Gasteiger partial charge in [0.2, 0.25) is 5.91 Å². The summed E-state index contributed by atoms with van der Waals surface area (Å²) in [7, 11) is 0. The first kappa shape index (κ1) is 15.8. The molecule has 0 radical (unpaired) electrons. The summed E-state index contributed by atoms with van der Waals surface area (Å²) >= 11 is 0. The molecule has 0 atom stereocenters. The minimum atomic E-state index is 0. The van der Waals surface area contributed by atoms with Gasteiger partial charge in [-0.15, -0.1) is 12.4 Å². The van der Waals surface area contributed by atoms with Gasteiger partial charge < -0.3 is 10.2 Å². The average Bonchev–Trinajstić information content (AvgIpc) is 2.31. The minimum absolute atomic E-state index is 0. The molecule has 1 saturated carbocycles. The molecule has 1 saturated heterocycles. The molecule has 0 aromatic heterocycles. The first-order chi connectivity index (χ1) is 8.31.